The lowest BCUT2D eigenvalue weighted by Gasteiger charge is -2.17. The van der Waals surface area contributed by atoms with Gasteiger partial charge in [-0.1, -0.05) is 23.7 Å². The van der Waals surface area contributed by atoms with E-state index in [1.54, 1.807) is 18.2 Å². The number of nitrogens with one attached hydrogen (secondary N) is 1. The van der Waals surface area contributed by atoms with Crippen LogP contribution in [0.5, 0.6) is 11.5 Å². The summed E-state index contributed by atoms with van der Waals surface area (Å²) < 4.78 is 24.4. The number of amides is 1. The summed E-state index contributed by atoms with van der Waals surface area (Å²) in [6.07, 6.45) is 2.34. The molecule has 1 amide bonds. The average molecular weight is 376 g/mol. The van der Waals surface area contributed by atoms with Gasteiger partial charge in [-0.2, -0.15) is 0 Å². The van der Waals surface area contributed by atoms with Crippen molar-refractivity contribution in [2.45, 2.75) is 31.2 Å². The molecule has 0 atom stereocenters. The van der Waals surface area contributed by atoms with Gasteiger partial charge in [-0.15, -0.1) is 0 Å². The summed E-state index contributed by atoms with van der Waals surface area (Å²) in [7, 11) is 0. The Morgan fingerprint density at radius 2 is 1.88 bits per heavy atom. The highest BCUT2D eigenvalue weighted by Gasteiger charge is 2.51. The summed E-state index contributed by atoms with van der Waals surface area (Å²) in [4.78, 5) is 12.7. The predicted octanol–water partition coefficient (Wildman–Crippen LogP) is 3.99. The molecule has 0 saturated heterocycles. The Hall–Kier alpha value is -2.27. The summed E-state index contributed by atoms with van der Waals surface area (Å²) in [5.74, 6) is 0.822. The minimum absolute atomic E-state index is 0.0488. The molecule has 1 saturated carbocycles. The third-order valence-corrected chi connectivity index (χ3v) is 5.18. The van der Waals surface area contributed by atoms with E-state index in [1.165, 1.54) is 12.1 Å². The van der Waals surface area contributed by atoms with Gasteiger partial charge >= 0.3 is 0 Å². The molecule has 1 N–H and O–H groups in total. The lowest BCUT2D eigenvalue weighted by atomic mass is 9.95. The Bertz CT molecular complexity index is 834. The normalized spacial score (nSPS) is 17.3. The van der Waals surface area contributed by atoms with Gasteiger partial charge in [0.1, 0.15) is 5.82 Å². The fourth-order valence-electron chi connectivity index (χ4n) is 3.28. The Morgan fingerprint density at radius 3 is 2.62 bits per heavy atom. The number of fused-ring (bicyclic) bond motifs is 1. The molecule has 1 aliphatic heterocycles. The second-order valence-corrected chi connectivity index (χ2v) is 7.13. The van der Waals surface area contributed by atoms with E-state index in [4.69, 9.17) is 21.1 Å². The van der Waals surface area contributed by atoms with Gasteiger partial charge in [0.05, 0.1) is 23.7 Å². The maximum atomic E-state index is 13.1. The number of hydrogen-bond acceptors (Lipinski definition) is 3. The third kappa shape index (κ3) is 3.23. The summed E-state index contributed by atoms with van der Waals surface area (Å²) >= 11 is 6.29. The first-order valence-corrected chi connectivity index (χ1v) is 9.09. The van der Waals surface area contributed by atoms with Gasteiger partial charge in [0, 0.05) is 13.0 Å². The van der Waals surface area contributed by atoms with Gasteiger partial charge in [0.25, 0.3) is 0 Å². The van der Waals surface area contributed by atoms with Crippen molar-refractivity contribution in [3.05, 3.63) is 58.4 Å². The third-order valence-electron chi connectivity index (χ3n) is 4.90. The Kier molecular flexibility index (Phi) is 4.49. The zero-order valence-electron chi connectivity index (χ0n) is 14.2. The maximum Gasteiger partial charge on any atom is 0.230 e. The molecule has 2 aromatic rings. The molecule has 1 fully saturated rings. The smallest absolute Gasteiger partial charge is 0.230 e. The van der Waals surface area contributed by atoms with Crippen LogP contribution in [0.2, 0.25) is 5.02 Å². The Balaban J connectivity index is 1.47. The van der Waals surface area contributed by atoms with E-state index in [-0.39, 0.29) is 11.7 Å². The van der Waals surface area contributed by atoms with E-state index < -0.39 is 5.41 Å². The minimum atomic E-state index is -0.539. The van der Waals surface area contributed by atoms with Gasteiger partial charge in [-0.3, -0.25) is 4.79 Å². The second kappa shape index (κ2) is 6.80. The summed E-state index contributed by atoms with van der Waals surface area (Å²) in [6, 6.07) is 9.80. The fourth-order valence-corrected chi connectivity index (χ4v) is 3.57. The predicted molar refractivity (Wildman–Crippen MR) is 96.2 cm³/mol. The molecule has 4 rings (SSSR count). The van der Waals surface area contributed by atoms with Crippen molar-refractivity contribution in [2.24, 2.45) is 0 Å². The molecule has 2 aromatic carbocycles. The van der Waals surface area contributed by atoms with Crippen LogP contribution in [0.4, 0.5) is 4.39 Å². The first kappa shape index (κ1) is 17.2. The van der Waals surface area contributed by atoms with Crippen LogP contribution in [0.15, 0.2) is 36.4 Å². The largest absolute Gasteiger partial charge is 0.489 e. The number of benzene rings is 2. The van der Waals surface area contributed by atoms with Gasteiger partial charge in [-0.25, -0.2) is 4.39 Å². The zero-order valence-corrected chi connectivity index (χ0v) is 14.9. The second-order valence-electron chi connectivity index (χ2n) is 6.73. The van der Waals surface area contributed by atoms with E-state index in [9.17, 15) is 9.18 Å². The molecular weight excluding hydrogens is 357 g/mol. The summed E-state index contributed by atoms with van der Waals surface area (Å²) in [5, 5.41) is 3.46. The molecule has 1 heterocycles. The Labute approximate surface area is 156 Å². The van der Waals surface area contributed by atoms with Gasteiger partial charge in [0.15, 0.2) is 11.5 Å². The Morgan fingerprint density at radius 1 is 1.15 bits per heavy atom. The van der Waals surface area contributed by atoms with Crippen molar-refractivity contribution >= 4 is 17.5 Å². The molecule has 2 aliphatic rings. The van der Waals surface area contributed by atoms with Crippen molar-refractivity contribution in [3.8, 4) is 11.5 Å². The fraction of sp³-hybridized carbons (Fsp3) is 0.350. The van der Waals surface area contributed by atoms with Crippen LogP contribution in [0.25, 0.3) is 0 Å². The van der Waals surface area contributed by atoms with Gasteiger partial charge in [0.2, 0.25) is 5.91 Å². The molecule has 0 aromatic heterocycles. The highest BCUT2D eigenvalue weighted by atomic mass is 35.5. The first-order valence-electron chi connectivity index (χ1n) is 8.71. The lowest BCUT2D eigenvalue weighted by molar-refractivity contribution is -0.123. The minimum Gasteiger partial charge on any atom is -0.489 e. The van der Waals surface area contributed by atoms with Crippen molar-refractivity contribution in [3.63, 3.8) is 0 Å². The molecule has 136 valence electrons. The summed E-state index contributed by atoms with van der Waals surface area (Å²) in [5.41, 5.74) is 1.17. The molecule has 1 aliphatic carbocycles. The summed E-state index contributed by atoms with van der Waals surface area (Å²) in [6.45, 7) is 1.49. The monoisotopic (exact) mass is 375 g/mol. The number of ether oxygens (including phenoxy) is 2. The zero-order chi connectivity index (χ0) is 18.1. The van der Waals surface area contributed by atoms with Crippen molar-refractivity contribution < 1.29 is 18.7 Å². The topological polar surface area (TPSA) is 47.6 Å². The molecule has 0 radical (unpaired) electrons. The molecule has 0 spiro atoms. The van der Waals surface area contributed by atoms with Crippen LogP contribution in [0.1, 0.15) is 30.4 Å². The van der Waals surface area contributed by atoms with Crippen LogP contribution in [-0.2, 0) is 16.8 Å². The molecule has 0 bridgehead atoms. The lowest BCUT2D eigenvalue weighted by Crippen LogP contribution is -2.34. The quantitative estimate of drug-likeness (QED) is 0.879. The van der Waals surface area contributed by atoms with Crippen LogP contribution in [0, 0.1) is 5.82 Å². The highest BCUT2D eigenvalue weighted by molar-refractivity contribution is 6.32. The van der Waals surface area contributed by atoms with E-state index in [0.717, 1.165) is 30.4 Å². The van der Waals surface area contributed by atoms with Crippen molar-refractivity contribution in [2.75, 3.05) is 13.2 Å². The first-order chi connectivity index (χ1) is 12.6. The molecule has 6 heteroatoms. The molecule has 4 nitrogen and oxygen atoms in total. The maximum absolute atomic E-state index is 13.1. The number of carbonyl (C=O) groups is 1. The molecular formula is C20H19ClFNO3. The van der Waals surface area contributed by atoms with Crippen LogP contribution in [-0.4, -0.2) is 19.1 Å². The van der Waals surface area contributed by atoms with Gasteiger partial charge < -0.3 is 14.8 Å². The van der Waals surface area contributed by atoms with Crippen LogP contribution < -0.4 is 14.8 Å². The van der Waals surface area contributed by atoms with Crippen LogP contribution in [0.3, 0.4) is 0 Å². The van der Waals surface area contributed by atoms with E-state index in [1.807, 2.05) is 6.07 Å². The van der Waals surface area contributed by atoms with Gasteiger partial charge in [-0.05, 0) is 48.2 Å². The number of carbonyl (C=O) groups excluding carboxylic acids is 1. The van der Waals surface area contributed by atoms with E-state index in [0.29, 0.717) is 36.3 Å². The average Bonchev–Trinajstić information content (AvgIpc) is 3.45. The SMILES string of the molecule is O=C(NCc1cc(Cl)c2c(c1)OCCCO2)C1(c2ccc(F)cc2)CC1. The standard InChI is InChI=1S/C20H19ClFNO3/c21-16-10-13(11-17-18(16)26-9-1-8-25-17)12-23-19(24)20(6-7-20)14-2-4-15(22)5-3-14/h2-5,10-11H,1,6-9,12H2,(H,23,24). The van der Waals surface area contributed by atoms with Crippen molar-refractivity contribution in [1.29, 1.82) is 0 Å². The number of halogens is 2. The van der Waals surface area contributed by atoms with Crippen LogP contribution >= 0.6 is 11.6 Å². The van der Waals surface area contributed by atoms with Crippen molar-refractivity contribution in [1.82, 2.24) is 5.32 Å². The molecule has 26 heavy (non-hydrogen) atoms. The number of rotatable bonds is 4. The molecule has 0 unspecified atom stereocenters. The highest BCUT2D eigenvalue weighted by Crippen LogP contribution is 2.48. The van der Waals surface area contributed by atoms with E-state index in [2.05, 4.69) is 5.32 Å². The number of hydrogen-bond donors (Lipinski definition) is 1. The van der Waals surface area contributed by atoms with E-state index >= 15 is 0 Å².